The van der Waals surface area contributed by atoms with E-state index in [0.29, 0.717) is 5.69 Å². The number of nitrogens with zero attached hydrogens (tertiary/aromatic N) is 2. The molecular weight excluding hydrogens is 249 g/mol. The third-order valence-electron chi connectivity index (χ3n) is 2.86. The van der Waals surface area contributed by atoms with Gasteiger partial charge in [0.25, 0.3) is 5.69 Å². The summed E-state index contributed by atoms with van der Waals surface area (Å²) in [5.41, 5.74) is 0.0155. The van der Waals surface area contributed by atoms with E-state index in [4.69, 9.17) is 11.6 Å². The second kappa shape index (κ2) is 4.93. The van der Waals surface area contributed by atoms with Crippen LogP contribution in [-0.4, -0.2) is 23.0 Å². The highest BCUT2D eigenvalue weighted by Gasteiger charge is 2.27. The Balaban J connectivity index is 2.42. The summed E-state index contributed by atoms with van der Waals surface area (Å²) in [7, 11) is 0. The normalized spacial score (nSPS) is 17.1. The average Bonchev–Trinajstić information content (AvgIpc) is 2.33. The number of hydrogen-bond donors (Lipinski definition) is 1. The number of piperidine rings is 1. The molecule has 0 radical (unpaired) electrons. The van der Waals surface area contributed by atoms with E-state index < -0.39 is 10.7 Å². The molecule has 1 aromatic heterocycles. The molecule has 1 aliphatic rings. The van der Waals surface area contributed by atoms with Crippen molar-refractivity contribution in [2.75, 3.05) is 13.1 Å². The first-order chi connectivity index (χ1) is 8.09. The van der Waals surface area contributed by atoms with E-state index in [1.165, 1.54) is 0 Å². The SMILES string of the molecule is O=[N+]([O-])c1cc(F)c(Cl)nc1C1CCNCC1. The second-order valence-electron chi connectivity index (χ2n) is 3.95. The molecule has 92 valence electrons. The summed E-state index contributed by atoms with van der Waals surface area (Å²) in [6.45, 7) is 1.55. The highest BCUT2D eigenvalue weighted by molar-refractivity contribution is 6.29. The maximum Gasteiger partial charge on any atom is 0.294 e. The molecule has 1 saturated heterocycles. The lowest BCUT2D eigenvalue weighted by atomic mass is 9.93. The number of rotatable bonds is 2. The zero-order chi connectivity index (χ0) is 12.4. The third-order valence-corrected chi connectivity index (χ3v) is 3.13. The molecule has 1 aliphatic heterocycles. The number of nitro groups is 1. The fourth-order valence-corrected chi connectivity index (χ4v) is 2.16. The standard InChI is InChI=1S/C10H11ClFN3O2/c11-10-7(12)5-8(15(16)17)9(14-10)6-1-3-13-4-2-6/h5-6,13H,1-4H2. The van der Waals surface area contributed by atoms with Crippen LogP contribution in [0.25, 0.3) is 0 Å². The molecule has 0 aromatic carbocycles. The van der Waals surface area contributed by atoms with E-state index in [-0.39, 0.29) is 16.8 Å². The quantitative estimate of drug-likeness (QED) is 0.502. The maximum absolute atomic E-state index is 13.2. The number of hydrogen-bond acceptors (Lipinski definition) is 4. The van der Waals surface area contributed by atoms with Crippen LogP contribution in [0.3, 0.4) is 0 Å². The Bertz CT molecular complexity index is 449. The molecule has 0 unspecified atom stereocenters. The van der Waals surface area contributed by atoms with Crippen LogP contribution in [0.1, 0.15) is 24.5 Å². The average molecular weight is 260 g/mol. The predicted octanol–water partition coefficient (Wildman–Crippen LogP) is 2.25. The number of halogens is 2. The predicted molar refractivity (Wildman–Crippen MR) is 60.7 cm³/mol. The van der Waals surface area contributed by atoms with Crippen molar-refractivity contribution in [3.63, 3.8) is 0 Å². The smallest absolute Gasteiger partial charge is 0.294 e. The van der Waals surface area contributed by atoms with Gasteiger partial charge in [-0.05, 0) is 25.9 Å². The van der Waals surface area contributed by atoms with Gasteiger partial charge in [-0.1, -0.05) is 11.6 Å². The van der Waals surface area contributed by atoms with Crippen LogP contribution in [0.5, 0.6) is 0 Å². The van der Waals surface area contributed by atoms with Crippen molar-refractivity contribution in [1.82, 2.24) is 10.3 Å². The van der Waals surface area contributed by atoms with Crippen molar-refractivity contribution in [2.45, 2.75) is 18.8 Å². The minimum absolute atomic E-state index is 0.0326. The summed E-state index contributed by atoms with van der Waals surface area (Å²) in [6, 6.07) is 0.854. The summed E-state index contributed by atoms with van der Waals surface area (Å²) in [5, 5.41) is 13.7. The summed E-state index contributed by atoms with van der Waals surface area (Å²) < 4.78 is 13.2. The van der Waals surface area contributed by atoms with Gasteiger partial charge in [-0.15, -0.1) is 0 Å². The number of aromatic nitrogens is 1. The van der Waals surface area contributed by atoms with Gasteiger partial charge in [-0.3, -0.25) is 10.1 Å². The molecule has 0 saturated carbocycles. The Hall–Kier alpha value is -1.27. The first-order valence-electron chi connectivity index (χ1n) is 5.30. The molecule has 2 rings (SSSR count). The van der Waals surface area contributed by atoms with Gasteiger partial charge in [0, 0.05) is 5.92 Å². The molecule has 0 bridgehead atoms. The second-order valence-corrected chi connectivity index (χ2v) is 4.30. The molecule has 2 heterocycles. The maximum atomic E-state index is 13.2. The van der Waals surface area contributed by atoms with Gasteiger partial charge in [0.2, 0.25) is 0 Å². The molecule has 1 fully saturated rings. The Morgan fingerprint density at radius 3 is 2.76 bits per heavy atom. The molecule has 0 amide bonds. The topological polar surface area (TPSA) is 68.1 Å². The van der Waals surface area contributed by atoms with Crippen LogP contribution in [0.4, 0.5) is 10.1 Å². The molecule has 0 spiro atoms. The van der Waals surface area contributed by atoms with Crippen LogP contribution in [0, 0.1) is 15.9 Å². The molecular formula is C10H11ClFN3O2. The minimum atomic E-state index is -0.851. The zero-order valence-corrected chi connectivity index (χ0v) is 9.71. The van der Waals surface area contributed by atoms with Crippen molar-refractivity contribution in [1.29, 1.82) is 0 Å². The minimum Gasteiger partial charge on any atom is -0.317 e. The Labute approximate surface area is 102 Å². The van der Waals surface area contributed by atoms with E-state index in [2.05, 4.69) is 10.3 Å². The van der Waals surface area contributed by atoms with Crippen molar-refractivity contribution < 1.29 is 9.31 Å². The monoisotopic (exact) mass is 259 g/mol. The van der Waals surface area contributed by atoms with Gasteiger partial charge < -0.3 is 5.32 Å². The lowest BCUT2D eigenvalue weighted by molar-refractivity contribution is -0.386. The first kappa shape index (κ1) is 12.2. The molecule has 0 aliphatic carbocycles. The van der Waals surface area contributed by atoms with Gasteiger partial charge in [-0.25, -0.2) is 9.37 Å². The highest BCUT2D eigenvalue weighted by Crippen LogP contribution is 2.33. The zero-order valence-electron chi connectivity index (χ0n) is 8.95. The van der Waals surface area contributed by atoms with Crippen molar-refractivity contribution in [3.8, 4) is 0 Å². The number of nitrogens with one attached hydrogen (secondary N) is 1. The van der Waals surface area contributed by atoms with Crippen LogP contribution in [0.2, 0.25) is 5.15 Å². The lowest BCUT2D eigenvalue weighted by Crippen LogP contribution is -2.27. The van der Waals surface area contributed by atoms with Crippen molar-refractivity contribution in [2.24, 2.45) is 0 Å². The van der Waals surface area contributed by atoms with E-state index in [1.54, 1.807) is 0 Å². The van der Waals surface area contributed by atoms with E-state index >= 15 is 0 Å². The summed E-state index contributed by atoms with van der Waals surface area (Å²) >= 11 is 5.59. The van der Waals surface area contributed by atoms with Gasteiger partial charge in [0.15, 0.2) is 11.0 Å². The van der Waals surface area contributed by atoms with Crippen molar-refractivity contribution in [3.05, 3.63) is 32.8 Å². The molecule has 7 heteroatoms. The Morgan fingerprint density at radius 1 is 1.53 bits per heavy atom. The summed E-state index contributed by atoms with van der Waals surface area (Å²) in [6.07, 6.45) is 1.49. The van der Waals surface area contributed by atoms with Crippen LogP contribution in [0.15, 0.2) is 6.07 Å². The third kappa shape index (κ3) is 2.53. The van der Waals surface area contributed by atoms with E-state index in [1.807, 2.05) is 0 Å². The van der Waals surface area contributed by atoms with Crippen LogP contribution in [-0.2, 0) is 0 Å². The fraction of sp³-hybridized carbons (Fsp3) is 0.500. The van der Waals surface area contributed by atoms with Crippen molar-refractivity contribution >= 4 is 17.3 Å². The van der Waals surface area contributed by atoms with Gasteiger partial charge in [0.05, 0.1) is 11.0 Å². The highest BCUT2D eigenvalue weighted by atomic mass is 35.5. The Morgan fingerprint density at radius 2 is 2.18 bits per heavy atom. The molecule has 5 nitrogen and oxygen atoms in total. The van der Waals surface area contributed by atoms with Crippen LogP contribution >= 0.6 is 11.6 Å². The molecule has 1 aromatic rings. The first-order valence-corrected chi connectivity index (χ1v) is 5.68. The van der Waals surface area contributed by atoms with E-state index in [9.17, 15) is 14.5 Å². The summed E-state index contributed by atoms with van der Waals surface area (Å²) in [5.74, 6) is -0.884. The lowest BCUT2D eigenvalue weighted by Gasteiger charge is -2.21. The van der Waals surface area contributed by atoms with Gasteiger partial charge in [-0.2, -0.15) is 0 Å². The molecule has 1 N–H and O–H groups in total. The van der Waals surface area contributed by atoms with Crippen LogP contribution < -0.4 is 5.32 Å². The van der Waals surface area contributed by atoms with Gasteiger partial charge in [0.1, 0.15) is 5.69 Å². The van der Waals surface area contributed by atoms with E-state index in [0.717, 1.165) is 32.0 Å². The fourth-order valence-electron chi connectivity index (χ4n) is 2.01. The number of pyridine rings is 1. The largest absolute Gasteiger partial charge is 0.317 e. The van der Waals surface area contributed by atoms with Gasteiger partial charge >= 0.3 is 0 Å². The Kier molecular flexibility index (Phi) is 3.54. The summed E-state index contributed by atoms with van der Waals surface area (Å²) in [4.78, 5) is 14.1. The molecule has 0 atom stereocenters. The molecule has 17 heavy (non-hydrogen) atoms.